The van der Waals surface area contributed by atoms with Gasteiger partial charge in [-0.05, 0) is 38.1 Å². The molecular weight excluding hydrogens is 284 g/mol. The van der Waals surface area contributed by atoms with E-state index < -0.39 is 10.8 Å². The van der Waals surface area contributed by atoms with Crippen LogP contribution in [0.3, 0.4) is 0 Å². The maximum absolute atomic E-state index is 12.6. The highest BCUT2D eigenvalue weighted by Crippen LogP contribution is 2.22. The summed E-state index contributed by atoms with van der Waals surface area (Å²) in [7, 11) is -0.870. The molecule has 110 valence electrons. The van der Waals surface area contributed by atoms with Gasteiger partial charge in [0.25, 0.3) is 5.91 Å². The van der Waals surface area contributed by atoms with Crippen LogP contribution in [0.2, 0.25) is 0 Å². The molecule has 0 aliphatic carbocycles. The molecule has 1 amide bonds. The van der Waals surface area contributed by atoms with E-state index in [1.807, 2.05) is 44.2 Å². The van der Waals surface area contributed by atoms with Crippen LogP contribution in [-0.4, -0.2) is 43.6 Å². The van der Waals surface area contributed by atoms with E-state index in [-0.39, 0.29) is 10.7 Å². The van der Waals surface area contributed by atoms with Crippen molar-refractivity contribution in [3.05, 3.63) is 42.1 Å². The molecule has 4 nitrogen and oxygen atoms in total. The Hall–Kier alpha value is -1.75. The minimum Gasteiger partial charge on any atom is -0.336 e. The Kier molecular flexibility index (Phi) is 3.53. The Labute approximate surface area is 126 Å². The summed E-state index contributed by atoms with van der Waals surface area (Å²) < 4.78 is 11.6. The largest absolute Gasteiger partial charge is 0.336 e. The van der Waals surface area contributed by atoms with Crippen LogP contribution in [0.15, 0.2) is 36.5 Å². The number of nitrogens with zero attached hydrogens (tertiary/aromatic N) is 2. The molecule has 0 N–H and O–H groups in total. The van der Waals surface area contributed by atoms with Gasteiger partial charge in [-0.1, -0.05) is 6.07 Å². The molecule has 1 saturated heterocycles. The number of aromatic nitrogens is 1. The SMILES string of the molecule is CC1(C)CN(C(=O)c2ccc3ncccc3c2)CC[S@@]1=O. The van der Waals surface area contributed by atoms with Gasteiger partial charge in [-0.25, -0.2) is 0 Å². The summed E-state index contributed by atoms with van der Waals surface area (Å²) in [5, 5.41) is 0.961. The molecule has 1 aliphatic rings. The van der Waals surface area contributed by atoms with Crippen molar-refractivity contribution in [2.75, 3.05) is 18.8 Å². The Morgan fingerprint density at radius 2 is 2.14 bits per heavy atom. The van der Waals surface area contributed by atoms with Crippen molar-refractivity contribution in [2.45, 2.75) is 18.6 Å². The molecule has 1 aliphatic heterocycles. The number of carbonyl (C=O) groups is 1. The predicted molar refractivity (Wildman–Crippen MR) is 84.7 cm³/mol. The summed E-state index contributed by atoms with van der Waals surface area (Å²) in [4.78, 5) is 18.7. The van der Waals surface area contributed by atoms with E-state index in [1.165, 1.54) is 0 Å². The van der Waals surface area contributed by atoms with Crippen molar-refractivity contribution in [2.24, 2.45) is 0 Å². The van der Waals surface area contributed by atoms with Gasteiger partial charge in [0.2, 0.25) is 0 Å². The molecule has 0 radical (unpaired) electrons. The van der Waals surface area contributed by atoms with Crippen LogP contribution in [0.25, 0.3) is 10.9 Å². The average Bonchev–Trinajstić information content (AvgIpc) is 2.48. The first kappa shape index (κ1) is 14.2. The predicted octanol–water partition coefficient (Wildman–Crippen LogP) is 2.22. The highest BCUT2D eigenvalue weighted by molar-refractivity contribution is 7.86. The van der Waals surface area contributed by atoms with Crippen molar-refractivity contribution >= 4 is 27.6 Å². The van der Waals surface area contributed by atoms with Crippen LogP contribution >= 0.6 is 0 Å². The molecular formula is C16H18N2O2S. The first-order valence-electron chi connectivity index (χ1n) is 7.00. The van der Waals surface area contributed by atoms with Crippen LogP contribution < -0.4 is 0 Å². The minimum atomic E-state index is -0.870. The van der Waals surface area contributed by atoms with Gasteiger partial charge >= 0.3 is 0 Å². The van der Waals surface area contributed by atoms with Crippen LogP contribution in [-0.2, 0) is 10.8 Å². The first-order chi connectivity index (χ1) is 9.97. The molecule has 2 aromatic rings. The molecule has 3 rings (SSSR count). The Morgan fingerprint density at radius 3 is 2.90 bits per heavy atom. The monoisotopic (exact) mass is 302 g/mol. The fourth-order valence-electron chi connectivity index (χ4n) is 2.64. The Balaban J connectivity index is 1.88. The lowest BCUT2D eigenvalue weighted by Gasteiger charge is -2.37. The average molecular weight is 302 g/mol. The van der Waals surface area contributed by atoms with Gasteiger partial charge in [0.05, 0.1) is 10.3 Å². The van der Waals surface area contributed by atoms with Crippen LogP contribution in [0.1, 0.15) is 24.2 Å². The zero-order valence-corrected chi connectivity index (χ0v) is 13.0. The van der Waals surface area contributed by atoms with Gasteiger partial charge in [-0.3, -0.25) is 14.0 Å². The van der Waals surface area contributed by atoms with Gasteiger partial charge in [-0.15, -0.1) is 0 Å². The number of hydrogen-bond donors (Lipinski definition) is 0. The third-order valence-electron chi connectivity index (χ3n) is 3.87. The number of benzene rings is 1. The molecule has 1 fully saturated rings. The third-order valence-corrected chi connectivity index (χ3v) is 5.79. The number of amides is 1. The molecule has 1 atom stereocenters. The molecule has 5 heteroatoms. The van der Waals surface area contributed by atoms with E-state index in [0.29, 0.717) is 24.4 Å². The number of carbonyl (C=O) groups excluding carboxylic acids is 1. The van der Waals surface area contributed by atoms with E-state index in [9.17, 15) is 9.00 Å². The first-order valence-corrected chi connectivity index (χ1v) is 8.32. The lowest BCUT2D eigenvalue weighted by atomic mass is 10.1. The van der Waals surface area contributed by atoms with Crippen LogP contribution in [0, 0.1) is 0 Å². The van der Waals surface area contributed by atoms with Crippen molar-refractivity contribution in [3.63, 3.8) is 0 Å². The van der Waals surface area contributed by atoms with Crippen LogP contribution in [0.4, 0.5) is 0 Å². The molecule has 1 aromatic heterocycles. The number of fused-ring (bicyclic) bond motifs is 1. The molecule has 21 heavy (non-hydrogen) atoms. The lowest BCUT2D eigenvalue weighted by Crippen LogP contribution is -2.52. The summed E-state index contributed by atoms with van der Waals surface area (Å²) in [6.45, 7) is 4.99. The standard InChI is InChI=1S/C16H18N2O2S/c1-16(2)11-18(8-9-21(16)20)15(19)13-5-6-14-12(10-13)4-3-7-17-14/h3-7,10H,8-9,11H2,1-2H3/t21-/m0/s1. The van der Waals surface area contributed by atoms with Crippen molar-refractivity contribution in [1.29, 1.82) is 0 Å². The maximum atomic E-state index is 12.6. The van der Waals surface area contributed by atoms with E-state index in [0.717, 1.165) is 10.9 Å². The van der Waals surface area contributed by atoms with Crippen molar-refractivity contribution in [3.8, 4) is 0 Å². The summed E-state index contributed by atoms with van der Waals surface area (Å²) in [5.41, 5.74) is 1.55. The molecule has 0 saturated carbocycles. The van der Waals surface area contributed by atoms with Gasteiger partial charge in [-0.2, -0.15) is 0 Å². The second-order valence-electron chi connectivity index (χ2n) is 5.95. The second kappa shape index (κ2) is 5.22. The van der Waals surface area contributed by atoms with Gasteiger partial charge in [0, 0.05) is 46.8 Å². The fourth-order valence-corrected chi connectivity index (χ4v) is 3.88. The highest BCUT2D eigenvalue weighted by atomic mass is 32.2. The molecule has 0 unspecified atom stereocenters. The highest BCUT2D eigenvalue weighted by Gasteiger charge is 2.35. The zero-order chi connectivity index (χ0) is 15.0. The van der Waals surface area contributed by atoms with Crippen molar-refractivity contribution < 1.29 is 9.00 Å². The van der Waals surface area contributed by atoms with E-state index in [2.05, 4.69) is 4.98 Å². The molecule has 2 heterocycles. The Morgan fingerprint density at radius 1 is 1.33 bits per heavy atom. The van der Waals surface area contributed by atoms with Gasteiger partial charge < -0.3 is 4.90 Å². The normalized spacial score (nSPS) is 21.4. The number of rotatable bonds is 1. The minimum absolute atomic E-state index is 0.00512. The summed E-state index contributed by atoms with van der Waals surface area (Å²) in [6.07, 6.45) is 1.74. The third kappa shape index (κ3) is 2.70. The summed E-state index contributed by atoms with van der Waals surface area (Å²) in [5.74, 6) is 0.555. The smallest absolute Gasteiger partial charge is 0.253 e. The van der Waals surface area contributed by atoms with E-state index in [1.54, 1.807) is 11.1 Å². The molecule has 1 aromatic carbocycles. The number of hydrogen-bond acceptors (Lipinski definition) is 3. The Bertz CT molecular complexity index is 727. The quantitative estimate of drug-likeness (QED) is 0.811. The lowest BCUT2D eigenvalue weighted by molar-refractivity contribution is 0.0746. The van der Waals surface area contributed by atoms with E-state index in [4.69, 9.17) is 0 Å². The second-order valence-corrected chi connectivity index (χ2v) is 8.15. The van der Waals surface area contributed by atoms with Crippen LogP contribution in [0.5, 0.6) is 0 Å². The topological polar surface area (TPSA) is 50.3 Å². The number of pyridine rings is 1. The van der Waals surface area contributed by atoms with Crippen molar-refractivity contribution in [1.82, 2.24) is 9.88 Å². The summed E-state index contributed by atoms with van der Waals surface area (Å²) >= 11 is 0. The zero-order valence-electron chi connectivity index (χ0n) is 12.2. The maximum Gasteiger partial charge on any atom is 0.253 e. The van der Waals surface area contributed by atoms with E-state index >= 15 is 0 Å². The fraction of sp³-hybridized carbons (Fsp3) is 0.375. The molecule has 0 spiro atoms. The van der Waals surface area contributed by atoms with Gasteiger partial charge in [0.1, 0.15) is 0 Å². The molecule has 0 bridgehead atoms. The van der Waals surface area contributed by atoms with Gasteiger partial charge in [0.15, 0.2) is 0 Å². The summed E-state index contributed by atoms with van der Waals surface area (Å²) in [6, 6.07) is 9.38.